The van der Waals surface area contributed by atoms with Crippen molar-refractivity contribution in [2.75, 3.05) is 11.9 Å². The molecule has 1 aliphatic rings. The van der Waals surface area contributed by atoms with E-state index in [0.717, 1.165) is 11.1 Å². The summed E-state index contributed by atoms with van der Waals surface area (Å²) >= 11 is 0. The minimum Gasteiger partial charge on any atom is -0.506 e. The Kier molecular flexibility index (Phi) is 5.06. The van der Waals surface area contributed by atoms with Gasteiger partial charge in [0, 0.05) is 12.1 Å². The lowest BCUT2D eigenvalue weighted by Gasteiger charge is -2.13. The van der Waals surface area contributed by atoms with E-state index in [1.165, 1.54) is 23.1 Å². The van der Waals surface area contributed by atoms with Gasteiger partial charge in [-0.05, 0) is 54.8 Å². The number of rotatable bonds is 5. The first kappa shape index (κ1) is 19.4. The number of carbonyl (C=O) groups is 3. The maximum absolute atomic E-state index is 12.8. The highest BCUT2D eigenvalue weighted by atomic mass is 16.3. The molecule has 0 unspecified atom stereocenters. The maximum atomic E-state index is 12.8. The molecule has 2 N–H and O–H groups in total. The molecule has 6 nitrogen and oxygen atoms in total. The molecule has 6 heteroatoms. The van der Waals surface area contributed by atoms with Gasteiger partial charge in [-0.15, -0.1) is 0 Å². The Balaban J connectivity index is 1.51. The molecule has 1 aliphatic heterocycles. The zero-order chi connectivity index (χ0) is 21.3. The number of hydrogen-bond acceptors (Lipinski definition) is 4. The Morgan fingerprint density at radius 1 is 0.933 bits per heavy atom. The molecule has 0 fully saturated rings. The van der Waals surface area contributed by atoms with Gasteiger partial charge in [0.25, 0.3) is 17.7 Å². The molecule has 3 aromatic rings. The topological polar surface area (TPSA) is 86.7 Å². The van der Waals surface area contributed by atoms with E-state index in [0.29, 0.717) is 12.0 Å². The predicted octanol–water partition coefficient (Wildman–Crippen LogP) is 3.79. The summed E-state index contributed by atoms with van der Waals surface area (Å²) in [5, 5.41) is 12.6. The number of phenols is 1. The number of nitrogens with one attached hydrogen (secondary N) is 1. The number of hydrogen-bond donors (Lipinski definition) is 2. The average molecular weight is 400 g/mol. The fourth-order valence-electron chi connectivity index (χ4n) is 3.46. The van der Waals surface area contributed by atoms with Crippen LogP contribution in [0.25, 0.3) is 0 Å². The van der Waals surface area contributed by atoms with Crippen LogP contribution in [-0.4, -0.2) is 34.3 Å². The smallest absolute Gasteiger partial charge is 0.261 e. The standard InChI is InChI=1S/C24H20N2O4/c1-15-7-10-20(21(27)13-15)25-22(28)17-8-9-18-19(14-17)24(30)26(23(18)29)12-11-16-5-3-2-4-6-16/h2-10,13-14,27H,11-12H2,1H3,(H,25,28). The van der Waals surface area contributed by atoms with Gasteiger partial charge in [-0.1, -0.05) is 36.4 Å². The van der Waals surface area contributed by atoms with Gasteiger partial charge < -0.3 is 10.4 Å². The van der Waals surface area contributed by atoms with Crippen LogP contribution in [-0.2, 0) is 6.42 Å². The molecule has 0 atom stereocenters. The first-order chi connectivity index (χ1) is 14.4. The molecule has 0 aliphatic carbocycles. The molecule has 0 spiro atoms. The molecule has 3 amide bonds. The van der Waals surface area contributed by atoms with Crippen molar-refractivity contribution >= 4 is 23.4 Å². The Labute approximate surface area is 173 Å². The van der Waals surface area contributed by atoms with Crippen LogP contribution in [0, 0.1) is 6.92 Å². The van der Waals surface area contributed by atoms with Gasteiger partial charge in [0.15, 0.2) is 0 Å². The third kappa shape index (κ3) is 3.67. The lowest BCUT2D eigenvalue weighted by atomic mass is 10.1. The van der Waals surface area contributed by atoms with Crippen LogP contribution >= 0.6 is 0 Å². The van der Waals surface area contributed by atoms with Gasteiger partial charge >= 0.3 is 0 Å². The van der Waals surface area contributed by atoms with Crippen molar-refractivity contribution in [3.63, 3.8) is 0 Å². The summed E-state index contributed by atoms with van der Waals surface area (Å²) in [6.07, 6.45) is 0.562. The fourth-order valence-corrected chi connectivity index (χ4v) is 3.46. The molecule has 4 rings (SSSR count). The molecule has 0 bridgehead atoms. The lowest BCUT2D eigenvalue weighted by molar-refractivity contribution is 0.0656. The SMILES string of the molecule is Cc1ccc(NC(=O)c2ccc3c(c2)C(=O)N(CCc2ccccc2)C3=O)c(O)c1. The Hall–Kier alpha value is -3.93. The van der Waals surface area contributed by atoms with Crippen molar-refractivity contribution in [2.45, 2.75) is 13.3 Å². The summed E-state index contributed by atoms with van der Waals surface area (Å²) in [5.41, 5.74) is 2.92. The van der Waals surface area contributed by atoms with Crippen molar-refractivity contribution in [1.82, 2.24) is 4.90 Å². The first-order valence-electron chi connectivity index (χ1n) is 9.59. The number of aromatic hydroxyl groups is 1. The average Bonchev–Trinajstić information content (AvgIpc) is 2.98. The van der Waals surface area contributed by atoms with Crippen LogP contribution in [0.1, 0.15) is 42.2 Å². The number of anilines is 1. The molecule has 3 aromatic carbocycles. The van der Waals surface area contributed by atoms with E-state index in [1.807, 2.05) is 37.3 Å². The van der Waals surface area contributed by atoms with Gasteiger partial charge in [0.2, 0.25) is 0 Å². The second kappa shape index (κ2) is 7.83. The van der Waals surface area contributed by atoms with Crippen LogP contribution in [0.4, 0.5) is 5.69 Å². The maximum Gasteiger partial charge on any atom is 0.261 e. The highest BCUT2D eigenvalue weighted by Gasteiger charge is 2.35. The van der Waals surface area contributed by atoms with Crippen LogP contribution < -0.4 is 5.32 Å². The number of fused-ring (bicyclic) bond motifs is 1. The minimum atomic E-state index is -0.472. The van der Waals surface area contributed by atoms with E-state index in [2.05, 4.69) is 5.32 Å². The van der Waals surface area contributed by atoms with Crippen molar-refractivity contribution in [3.05, 3.63) is 94.5 Å². The van der Waals surface area contributed by atoms with E-state index < -0.39 is 11.8 Å². The predicted molar refractivity (Wildman–Crippen MR) is 113 cm³/mol. The molecule has 150 valence electrons. The summed E-state index contributed by atoms with van der Waals surface area (Å²) in [4.78, 5) is 39.2. The van der Waals surface area contributed by atoms with E-state index in [4.69, 9.17) is 0 Å². The second-order valence-corrected chi connectivity index (χ2v) is 7.23. The van der Waals surface area contributed by atoms with Crippen LogP contribution in [0.5, 0.6) is 5.75 Å². The number of carbonyl (C=O) groups excluding carboxylic acids is 3. The van der Waals surface area contributed by atoms with Crippen molar-refractivity contribution in [3.8, 4) is 5.75 Å². The number of nitrogens with zero attached hydrogens (tertiary/aromatic N) is 1. The van der Waals surface area contributed by atoms with Crippen LogP contribution in [0.3, 0.4) is 0 Å². The number of benzene rings is 3. The molecule has 0 saturated heterocycles. The molecular weight excluding hydrogens is 380 g/mol. The van der Waals surface area contributed by atoms with Gasteiger partial charge in [-0.25, -0.2) is 0 Å². The van der Waals surface area contributed by atoms with Gasteiger partial charge in [-0.2, -0.15) is 0 Å². The van der Waals surface area contributed by atoms with Crippen molar-refractivity contribution in [2.24, 2.45) is 0 Å². The highest BCUT2D eigenvalue weighted by Crippen LogP contribution is 2.27. The lowest BCUT2D eigenvalue weighted by Crippen LogP contribution is -2.31. The minimum absolute atomic E-state index is 0.0390. The summed E-state index contributed by atoms with van der Waals surface area (Å²) in [7, 11) is 0. The summed E-state index contributed by atoms with van der Waals surface area (Å²) in [6.45, 7) is 2.10. The molecule has 1 heterocycles. The summed E-state index contributed by atoms with van der Waals surface area (Å²) in [5.74, 6) is -1.27. The van der Waals surface area contributed by atoms with Gasteiger partial charge in [0.1, 0.15) is 5.75 Å². The molecule has 0 saturated carbocycles. The number of imide groups is 1. The van der Waals surface area contributed by atoms with Crippen molar-refractivity contribution < 1.29 is 19.5 Å². The van der Waals surface area contributed by atoms with E-state index >= 15 is 0 Å². The highest BCUT2D eigenvalue weighted by molar-refractivity contribution is 6.22. The Morgan fingerprint density at radius 3 is 2.40 bits per heavy atom. The van der Waals surface area contributed by atoms with E-state index in [1.54, 1.807) is 18.2 Å². The molecule has 0 radical (unpaired) electrons. The Morgan fingerprint density at radius 2 is 1.67 bits per heavy atom. The summed E-state index contributed by atoms with van der Waals surface area (Å²) < 4.78 is 0. The largest absolute Gasteiger partial charge is 0.506 e. The quantitative estimate of drug-likeness (QED) is 0.504. The normalized spacial score (nSPS) is 12.8. The third-order valence-electron chi connectivity index (χ3n) is 5.10. The zero-order valence-electron chi connectivity index (χ0n) is 16.4. The van der Waals surface area contributed by atoms with Crippen LogP contribution in [0.15, 0.2) is 66.7 Å². The van der Waals surface area contributed by atoms with E-state index in [-0.39, 0.29) is 35.0 Å². The second-order valence-electron chi connectivity index (χ2n) is 7.23. The third-order valence-corrected chi connectivity index (χ3v) is 5.10. The van der Waals surface area contributed by atoms with Gasteiger partial charge in [-0.3, -0.25) is 19.3 Å². The molecule has 0 aromatic heterocycles. The monoisotopic (exact) mass is 400 g/mol. The van der Waals surface area contributed by atoms with E-state index in [9.17, 15) is 19.5 Å². The number of amides is 3. The summed E-state index contributed by atoms with van der Waals surface area (Å²) in [6, 6.07) is 19.0. The fraction of sp³-hybridized carbons (Fsp3) is 0.125. The molecular formula is C24H20N2O4. The Bertz CT molecular complexity index is 1160. The molecule has 30 heavy (non-hydrogen) atoms. The zero-order valence-corrected chi connectivity index (χ0v) is 16.4. The number of aryl methyl sites for hydroxylation is 1. The van der Waals surface area contributed by atoms with Crippen molar-refractivity contribution in [1.29, 1.82) is 0 Å². The van der Waals surface area contributed by atoms with Crippen LogP contribution in [0.2, 0.25) is 0 Å². The number of phenolic OH excluding ortho intramolecular Hbond substituents is 1. The first-order valence-corrected chi connectivity index (χ1v) is 9.59. The van der Waals surface area contributed by atoms with Gasteiger partial charge in [0.05, 0.1) is 16.8 Å².